The maximum absolute atomic E-state index is 13.5. The van der Waals surface area contributed by atoms with Gasteiger partial charge in [0.2, 0.25) is 0 Å². The van der Waals surface area contributed by atoms with Crippen LogP contribution in [-0.4, -0.2) is 49.1 Å². The van der Waals surface area contributed by atoms with E-state index in [0.29, 0.717) is 31.9 Å². The van der Waals surface area contributed by atoms with Crippen molar-refractivity contribution >= 4 is 11.7 Å². The van der Waals surface area contributed by atoms with Crippen LogP contribution in [-0.2, 0) is 0 Å². The number of pyridine rings is 1. The number of ether oxygens (including phenoxy) is 1. The Labute approximate surface area is 134 Å². The number of benzene rings is 1. The first kappa shape index (κ1) is 15.3. The second-order valence-corrected chi connectivity index (χ2v) is 5.31. The van der Waals surface area contributed by atoms with E-state index in [1.807, 2.05) is 18.2 Å². The zero-order valence-electron chi connectivity index (χ0n) is 12.9. The van der Waals surface area contributed by atoms with Crippen LogP contribution in [0.5, 0.6) is 5.75 Å². The van der Waals surface area contributed by atoms with Crippen molar-refractivity contribution in [2.24, 2.45) is 0 Å². The van der Waals surface area contributed by atoms with E-state index in [-0.39, 0.29) is 11.5 Å². The van der Waals surface area contributed by atoms with Gasteiger partial charge in [-0.1, -0.05) is 6.07 Å². The third-order valence-electron chi connectivity index (χ3n) is 3.93. The third kappa shape index (κ3) is 3.26. The Balaban J connectivity index is 1.70. The maximum Gasteiger partial charge on any atom is 0.257 e. The first-order valence-corrected chi connectivity index (χ1v) is 7.48. The van der Waals surface area contributed by atoms with Crippen LogP contribution in [0.3, 0.4) is 0 Å². The highest BCUT2D eigenvalue weighted by atomic mass is 19.1. The highest BCUT2D eigenvalue weighted by Gasteiger charge is 2.25. The fourth-order valence-electron chi connectivity index (χ4n) is 2.70. The van der Waals surface area contributed by atoms with Crippen molar-refractivity contribution in [2.75, 3.05) is 38.2 Å². The van der Waals surface area contributed by atoms with Crippen molar-refractivity contribution in [1.29, 1.82) is 0 Å². The summed E-state index contributed by atoms with van der Waals surface area (Å²) in [4.78, 5) is 20.8. The van der Waals surface area contributed by atoms with Crippen LogP contribution in [0.25, 0.3) is 0 Å². The largest absolute Gasteiger partial charge is 0.496 e. The molecular formula is C17H18FN3O2. The highest BCUT2D eigenvalue weighted by Crippen LogP contribution is 2.22. The van der Waals surface area contributed by atoms with Crippen molar-refractivity contribution in [2.45, 2.75) is 0 Å². The predicted molar refractivity (Wildman–Crippen MR) is 85.3 cm³/mol. The Kier molecular flexibility index (Phi) is 4.41. The summed E-state index contributed by atoms with van der Waals surface area (Å²) in [5, 5.41) is 0. The SMILES string of the molecule is COc1ccc(F)cc1C(=O)N1CCN(c2ccccn2)CC1. The summed E-state index contributed by atoms with van der Waals surface area (Å²) < 4.78 is 18.6. The normalized spacial score (nSPS) is 14.7. The van der Waals surface area contributed by atoms with Crippen LogP contribution in [0.1, 0.15) is 10.4 Å². The lowest BCUT2D eigenvalue weighted by Crippen LogP contribution is -2.49. The molecule has 6 heteroatoms. The number of carbonyl (C=O) groups excluding carboxylic acids is 1. The molecule has 0 saturated carbocycles. The molecule has 1 amide bonds. The van der Waals surface area contributed by atoms with E-state index in [0.717, 1.165) is 5.82 Å². The quantitative estimate of drug-likeness (QED) is 0.871. The van der Waals surface area contributed by atoms with Crippen molar-refractivity contribution in [3.63, 3.8) is 0 Å². The molecule has 2 aromatic rings. The van der Waals surface area contributed by atoms with Crippen LogP contribution < -0.4 is 9.64 Å². The molecule has 0 atom stereocenters. The van der Waals surface area contributed by atoms with Crippen LogP contribution in [0.4, 0.5) is 10.2 Å². The number of piperazine rings is 1. The molecule has 120 valence electrons. The average molecular weight is 315 g/mol. The summed E-state index contributed by atoms with van der Waals surface area (Å²) in [7, 11) is 1.48. The summed E-state index contributed by atoms with van der Waals surface area (Å²) >= 11 is 0. The smallest absolute Gasteiger partial charge is 0.257 e. The molecule has 2 heterocycles. The van der Waals surface area contributed by atoms with Gasteiger partial charge >= 0.3 is 0 Å². The number of carbonyl (C=O) groups is 1. The van der Waals surface area contributed by atoms with Gasteiger partial charge in [-0.2, -0.15) is 0 Å². The molecule has 1 aliphatic rings. The molecule has 0 unspecified atom stereocenters. The van der Waals surface area contributed by atoms with E-state index in [9.17, 15) is 9.18 Å². The van der Waals surface area contributed by atoms with Crippen molar-refractivity contribution < 1.29 is 13.9 Å². The summed E-state index contributed by atoms with van der Waals surface area (Å²) in [6.45, 7) is 2.52. The molecule has 1 aliphatic heterocycles. The third-order valence-corrected chi connectivity index (χ3v) is 3.93. The number of methoxy groups -OCH3 is 1. The zero-order valence-corrected chi connectivity index (χ0v) is 12.9. The Morgan fingerprint density at radius 2 is 1.96 bits per heavy atom. The van der Waals surface area contributed by atoms with Crippen molar-refractivity contribution in [1.82, 2.24) is 9.88 Å². The maximum atomic E-state index is 13.5. The Morgan fingerprint density at radius 1 is 1.17 bits per heavy atom. The molecule has 1 fully saturated rings. The lowest BCUT2D eigenvalue weighted by atomic mass is 10.1. The monoisotopic (exact) mass is 315 g/mol. The minimum Gasteiger partial charge on any atom is -0.496 e. The van der Waals surface area contributed by atoms with Gasteiger partial charge in [0.1, 0.15) is 17.4 Å². The molecule has 3 rings (SSSR count). The zero-order chi connectivity index (χ0) is 16.2. The number of hydrogen-bond donors (Lipinski definition) is 0. The fraction of sp³-hybridized carbons (Fsp3) is 0.294. The van der Waals surface area contributed by atoms with Crippen LogP contribution in [0.15, 0.2) is 42.6 Å². The molecule has 5 nitrogen and oxygen atoms in total. The first-order valence-electron chi connectivity index (χ1n) is 7.48. The van der Waals surface area contributed by atoms with Gasteiger partial charge in [0.15, 0.2) is 0 Å². The summed E-state index contributed by atoms with van der Waals surface area (Å²) in [5.41, 5.74) is 0.263. The van der Waals surface area contributed by atoms with Gasteiger partial charge in [-0.15, -0.1) is 0 Å². The van der Waals surface area contributed by atoms with Crippen LogP contribution in [0.2, 0.25) is 0 Å². The average Bonchev–Trinajstić information content (AvgIpc) is 2.62. The fourth-order valence-corrected chi connectivity index (χ4v) is 2.70. The van der Waals surface area contributed by atoms with E-state index >= 15 is 0 Å². The van der Waals surface area contributed by atoms with Gasteiger partial charge in [0, 0.05) is 32.4 Å². The topological polar surface area (TPSA) is 45.7 Å². The van der Waals surface area contributed by atoms with Gasteiger partial charge < -0.3 is 14.5 Å². The van der Waals surface area contributed by atoms with Gasteiger partial charge in [-0.3, -0.25) is 4.79 Å². The Bertz CT molecular complexity index is 685. The second-order valence-electron chi connectivity index (χ2n) is 5.31. The van der Waals surface area contributed by atoms with E-state index < -0.39 is 5.82 Å². The number of amides is 1. The number of aromatic nitrogens is 1. The van der Waals surface area contributed by atoms with E-state index in [1.165, 1.54) is 25.3 Å². The van der Waals surface area contributed by atoms with E-state index in [4.69, 9.17) is 4.74 Å². The van der Waals surface area contributed by atoms with E-state index in [1.54, 1.807) is 11.1 Å². The van der Waals surface area contributed by atoms with Gasteiger partial charge in [0.05, 0.1) is 12.7 Å². The standard InChI is InChI=1S/C17H18FN3O2/c1-23-15-6-5-13(18)12-14(15)17(22)21-10-8-20(9-11-21)16-4-2-3-7-19-16/h2-7,12H,8-11H2,1H3. The van der Waals surface area contributed by atoms with Crippen LogP contribution in [0, 0.1) is 5.82 Å². The summed E-state index contributed by atoms with van der Waals surface area (Å²) in [6, 6.07) is 9.76. The molecule has 0 aliphatic carbocycles. The minimum absolute atomic E-state index is 0.206. The number of anilines is 1. The molecule has 0 spiro atoms. The first-order chi connectivity index (χ1) is 11.2. The van der Waals surface area contributed by atoms with Gasteiger partial charge in [-0.05, 0) is 30.3 Å². The molecule has 0 N–H and O–H groups in total. The number of rotatable bonds is 3. The lowest BCUT2D eigenvalue weighted by Gasteiger charge is -2.35. The molecule has 1 aromatic carbocycles. The Hall–Kier alpha value is -2.63. The summed E-state index contributed by atoms with van der Waals surface area (Å²) in [6.07, 6.45) is 1.75. The molecule has 1 saturated heterocycles. The predicted octanol–water partition coefficient (Wildman–Crippen LogP) is 2.19. The molecular weight excluding hydrogens is 297 g/mol. The van der Waals surface area contributed by atoms with Crippen molar-refractivity contribution in [3.05, 3.63) is 54.0 Å². The number of nitrogens with zero attached hydrogens (tertiary/aromatic N) is 3. The molecule has 0 radical (unpaired) electrons. The van der Waals surface area contributed by atoms with E-state index in [2.05, 4.69) is 9.88 Å². The second kappa shape index (κ2) is 6.64. The minimum atomic E-state index is -0.443. The number of halogens is 1. The molecule has 23 heavy (non-hydrogen) atoms. The van der Waals surface area contributed by atoms with Crippen molar-refractivity contribution in [3.8, 4) is 5.75 Å². The van der Waals surface area contributed by atoms with Gasteiger partial charge in [-0.25, -0.2) is 9.37 Å². The lowest BCUT2D eigenvalue weighted by molar-refractivity contribution is 0.0742. The number of hydrogen-bond acceptors (Lipinski definition) is 4. The summed E-state index contributed by atoms with van der Waals surface area (Å²) in [5.74, 6) is 0.648. The molecule has 0 bridgehead atoms. The molecule has 1 aromatic heterocycles. The van der Waals surface area contributed by atoms with Gasteiger partial charge in [0.25, 0.3) is 5.91 Å². The van der Waals surface area contributed by atoms with Crippen LogP contribution >= 0.6 is 0 Å². The highest BCUT2D eigenvalue weighted by molar-refractivity contribution is 5.97. The Morgan fingerprint density at radius 3 is 2.61 bits per heavy atom.